The highest BCUT2D eigenvalue weighted by Gasteiger charge is 2.15. The van der Waals surface area contributed by atoms with Crippen molar-refractivity contribution in [2.75, 3.05) is 11.1 Å². The summed E-state index contributed by atoms with van der Waals surface area (Å²) in [6, 6.07) is 10.7. The number of rotatable bonds is 4. The third-order valence-corrected chi connectivity index (χ3v) is 3.06. The summed E-state index contributed by atoms with van der Waals surface area (Å²) in [4.78, 5) is 12.0. The Morgan fingerprint density at radius 3 is 2.57 bits per heavy atom. The van der Waals surface area contributed by atoms with Gasteiger partial charge in [-0.2, -0.15) is 0 Å². The smallest absolute Gasteiger partial charge is 0.265 e. The number of amides is 1. The summed E-state index contributed by atoms with van der Waals surface area (Å²) in [5, 5.41) is 2.68. The van der Waals surface area contributed by atoms with Gasteiger partial charge in [0.05, 0.1) is 5.02 Å². The van der Waals surface area contributed by atoms with E-state index in [1.54, 1.807) is 31.2 Å². The standard InChI is InChI=1S/C15H14ClFN2O2/c1-9(21-12-6-7-13(16)14(17)8-12)15(20)19-11-4-2-10(18)3-5-11/h2-9H,18H2,1H3,(H,19,20). The van der Waals surface area contributed by atoms with E-state index in [9.17, 15) is 9.18 Å². The lowest BCUT2D eigenvalue weighted by Crippen LogP contribution is -2.30. The van der Waals surface area contributed by atoms with E-state index in [1.165, 1.54) is 12.1 Å². The Kier molecular flexibility index (Phi) is 4.65. The first-order valence-electron chi connectivity index (χ1n) is 6.24. The van der Waals surface area contributed by atoms with Gasteiger partial charge in [0.25, 0.3) is 5.91 Å². The quantitative estimate of drug-likeness (QED) is 0.850. The van der Waals surface area contributed by atoms with Crippen molar-refractivity contribution in [3.05, 3.63) is 53.3 Å². The van der Waals surface area contributed by atoms with Gasteiger partial charge in [0.15, 0.2) is 6.10 Å². The van der Waals surface area contributed by atoms with E-state index in [2.05, 4.69) is 5.32 Å². The molecule has 1 atom stereocenters. The van der Waals surface area contributed by atoms with Crippen LogP contribution < -0.4 is 15.8 Å². The van der Waals surface area contributed by atoms with Gasteiger partial charge >= 0.3 is 0 Å². The van der Waals surface area contributed by atoms with Crippen molar-refractivity contribution in [3.63, 3.8) is 0 Å². The average Bonchev–Trinajstić information content (AvgIpc) is 2.45. The molecule has 2 aromatic rings. The Balaban J connectivity index is 1.98. The number of nitrogen functional groups attached to an aromatic ring is 1. The number of carbonyl (C=O) groups is 1. The molecular weight excluding hydrogens is 295 g/mol. The number of nitrogens with two attached hydrogens (primary N) is 1. The van der Waals surface area contributed by atoms with E-state index >= 15 is 0 Å². The van der Waals surface area contributed by atoms with Gasteiger partial charge in [-0.25, -0.2) is 4.39 Å². The highest BCUT2D eigenvalue weighted by molar-refractivity contribution is 6.30. The summed E-state index contributed by atoms with van der Waals surface area (Å²) in [5.74, 6) is -0.715. The number of hydrogen-bond donors (Lipinski definition) is 2. The zero-order chi connectivity index (χ0) is 15.4. The first-order chi connectivity index (χ1) is 9.95. The van der Waals surface area contributed by atoms with Crippen LogP contribution in [0, 0.1) is 5.82 Å². The molecule has 4 nitrogen and oxygen atoms in total. The van der Waals surface area contributed by atoms with Crippen molar-refractivity contribution in [1.82, 2.24) is 0 Å². The second kappa shape index (κ2) is 6.45. The minimum Gasteiger partial charge on any atom is -0.481 e. The molecule has 0 bridgehead atoms. The lowest BCUT2D eigenvalue weighted by Gasteiger charge is -2.15. The fourth-order valence-electron chi connectivity index (χ4n) is 1.62. The van der Waals surface area contributed by atoms with Crippen LogP contribution in [0.5, 0.6) is 5.75 Å². The molecule has 3 N–H and O–H groups in total. The van der Waals surface area contributed by atoms with Gasteiger partial charge in [0.2, 0.25) is 0 Å². The second-order valence-corrected chi connectivity index (χ2v) is 4.85. The van der Waals surface area contributed by atoms with Gasteiger partial charge < -0.3 is 15.8 Å². The van der Waals surface area contributed by atoms with E-state index < -0.39 is 11.9 Å². The van der Waals surface area contributed by atoms with Crippen LogP contribution in [-0.4, -0.2) is 12.0 Å². The number of benzene rings is 2. The van der Waals surface area contributed by atoms with Gasteiger partial charge in [-0.1, -0.05) is 11.6 Å². The van der Waals surface area contributed by atoms with Crippen molar-refractivity contribution in [3.8, 4) is 5.75 Å². The first kappa shape index (κ1) is 15.1. The van der Waals surface area contributed by atoms with Crippen molar-refractivity contribution in [2.45, 2.75) is 13.0 Å². The predicted molar refractivity (Wildman–Crippen MR) is 81.0 cm³/mol. The molecule has 0 heterocycles. The van der Waals surface area contributed by atoms with Gasteiger partial charge in [0, 0.05) is 17.4 Å². The molecule has 6 heteroatoms. The summed E-state index contributed by atoms with van der Waals surface area (Å²) in [7, 11) is 0. The monoisotopic (exact) mass is 308 g/mol. The molecule has 0 saturated heterocycles. The lowest BCUT2D eigenvalue weighted by atomic mass is 10.2. The van der Waals surface area contributed by atoms with Gasteiger partial charge in [-0.3, -0.25) is 4.79 Å². The molecule has 0 aliphatic carbocycles. The Morgan fingerprint density at radius 2 is 1.95 bits per heavy atom. The Labute approximate surface area is 126 Å². The zero-order valence-corrected chi connectivity index (χ0v) is 12.0. The molecule has 21 heavy (non-hydrogen) atoms. The van der Waals surface area contributed by atoms with Crippen LogP contribution in [0.3, 0.4) is 0 Å². The van der Waals surface area contributed by atoms with Crippen molar-refractivity contribution < 1.29 is 13.9 Å². The van der Waals surface area contributed by atoms with E-state index in [1.807, 2.05) is 0 Å². The van der Waals surface area contributed by atoms with E-state index in [0.29, 0.717) is 11.4 Å². The van der Waals surface area contributed by atoms with Gasteiger partial charge in [-0.15, -0.1) is 0 Å². The fourth-order valence-corrected chi connectivity index (χ4v) is 1.74. The van der Waals surface area contributed by atoms with E-state index in [0.717, 1.165) is 6.07 Å². The van der Waals surface area contributed by atoms with E-state index in [-0.39, 0.29) is 16.7 Å². The molecule has 2 rings (SSSR count). The molecule has 110 valence electrons. The molecular formula is C15H14ClFN2O2. The predicted octanol–water partition coefficient (Wildman–Crippen LogP) is 3.47. The Bertz CT molecular complexity index is 647. The molecule has 1 amide bonds. The Morgan fingerprint density at radius 1 is 1.29 bits per heavy atom. The van der Waals surface area contributed by atoms with E-state index in [4.69, 9.17) is 22.1 Å². The number of hydrogen-bond acceptors (Lipinski definition) is 3. The normalized spacial score (nSPS) is 11.8. The maximum absolute atomic E-state index is 13.3. The average molecular weight is 309 g/mol. The molecule has 0 aromatic heterocycles. The van der Waals surface area contributed by atoms with Crippen LogP contribution in [0.25, 0.3) is 0 Å². The highest BCUT2D eigenvalue weighted by atomic mass is 35.5. The molecule has 0 aliphatic heterocycles. The van der Waals surface area contributed by atoms with Crippen LogP contribution >= 0.6 is 11.6 Å². The SMILES string of the molecule is CC(Oc1ccc(Cl)c(F)c1)C(=O)Nc1ccc(N)cc1. The van der Waals surface area contributed by atoms with Crippen molar-refractivity contribution >= 4 is 28.9 Å². The van der Waals surface area contributed by atoms with Crippen molar-refractivity contribution in [2.24, 2.45) is 0 Å². The maximum atomic E-state index is 13.3. The van der Waals surface area contributed by atoms with Crippen LogP contribution in [0.1, 0.15) is 6.92 Å². The summed E-state index contributed by atoms with van der Waals surface area (Å²) in [6.07, 6.45) is -0.789. The van der Waals surface area contributed by atoms with Crippen LogP contribution in [0.2, 0.25) is 5.02 Å². The molecule has 2 aromatic carbocycles. The number of nitrogens with one attached hydrogen (secondary N) is 1. The first-order valence-corrected chi connectivity index (χ1v) is 6.61. The largest absolute Gasteiger partial charge is 0.481 e. The van der Waals surface area contributed by atoms with Crippen molar-refractivity contribution in [1.29, 1.82) is 0 Å². The van der Waals surface area contributed by atoms with Crippen LogP contribution in [0.4, 0.5) is 15.8 Å². The van der Waals surface area contributed by atoms with Crippen LogP contribution in [-0.2, 0) is 4.79 Å². The zero-order valence-electron chi connectivity index (χ0n) is 11.3. The Hall–Kier alpha value is -2.27. The van der Waals surface area contributed by atoms with Gasteiger partial charge in [-0.05, 0) is 43.3 Å². The fraction of sp³-hybridized carbons (Fsp3) is 0.133. The molecule has 1 unspecified atom stereocenters. The molecule has 0 spiro atoms. The third kappa shape index (κ3) is 4.10. The summed E-state index contributed by atoms with van der Waals surface area (Å²) < 4.78 is 18.7. The van der Waals surface area contributed by atoms with Crippen LogP contribution in [0.15, 0.2) is 42.5 Å². The summed E-state index contributed by atoms with van der Waals surface area (Å²) in [5.41, 5.74) is 6.77. The number of ether oxygens (including phenoxy) is 1. The third-order valence-electron chi connectivity index (χ3n) is 2.75. The minimum atomic E-state index is -0.789. The highest BCUT2D eigenvalue weighted by Crippen LogP contribution is 2.21. The van der Waals surface area contributed by atoms with Gasteiger partial charge in [0.1, 0.15) is 11.6 Å². The molecule has 0 saturated carbocycles. The minimum absolute atomic E-state index is 0.00123. The molecule has 0 radical (unpaired) electrons. The summed E-state index contributed by atoms with van der Waals surface area (Å²) in [6.45, 7) is 1.57. The molecule has 0 fully saturated rings. The number of anilines is 2. The molecule has 0 aliphatic rings. The number of halogens is 2. The lowest BCUT2D eigenvalue weighted by molar-refractivity contribution is -0.122. The maximum Gasteiger partial charge on any atom is 0.265 e. The second-order valence-electron chi connectivity index (χ2n) is 4.45. The number of carbonyl (C=O) groups excluding carboxylic acids is 1. The topological polar surface area (TPSA) is 64.3 Å². The summed E-state index contributed by atoms with van der Waals surface area (Å²) >= 11 is 5.58.